The zero-order valence-electron chi connectivity index (χ0n) is 38.2. The van der Waals surface area contributed by atoms with E-state index in [4.69, 9.17) is 0 Å². The molecule has 0 saturated carbocycles. The van der Waals surface area contributed by atoms with Gasteiger partial charge in [-0.3, -0.25) is 14.7 Å². The van der Waals surface area contributed by atoms with E-state index in [0.29, 0.717) is 49.1 Å². The molecular formula is C55H56B3N3O6. The second-order valence-electron chi connectivity index (χ2n) is 17.6. The van der Waals surface area contributed by atoms with Crippen LogP contribution in [0.15, 0.2) is 176 Å². The molecule has 0 radical (unpaired) electrons. The van der Waals surface area contributed by atoms with E-state index in [1.807, 2.05) is 54.6 Å². The van der Waals surface area contributed by atoms with Gasteiger partial charge in [-0.05, 0) is 120 Å². The molecule has 12 heteroatoms. The number of hydrogen-bond acceptors (Lipinski definition) is 9. The molecule has 6 N–H and O–H groups in total. The highest BCUT2D eigenvalue weighted by Crippen LogP contribution is 2.35. The van der Waals surface area contributed by atoms with Crippen LogP contribution in [-0.4, -0.2) is 87.3 Å². The Balaban J connectivity index is 0.000000196. The van der Waals surface area contributed by atoms with Crippen molar-refractivity contribution in [2.75, 3.05) is 21.1 Å². The van der Waals surface area contributed by atoms with Crippen LogP contribution in [0.4, 0.5) is 0 Å². The van der Waals surface area contributed by atoms with Crippen LogP contribution in [0.2, 0.25) is 0 Å². The Kier molecular flexibility index (Phi) is 15.3. The molecule has 0 unspecified atom stereocenters. The Hall–Kier alpha value is -6.15. The summed E-state index contributed by atoms with van der Waals surface area (Å²) in [5.41, 5.74) is 8.09. The molecule has 0 aliphatic carbocycles. The van der Waals surface area contributed by atoms with Crippen molar-refractivity contribution in [1.29, 1.82) is 0 Å². The smallest absolute Gasteiger partial charge is 0.423 e. The molecule has 9 aromatic carbocycles. The van der Waals surface area contributed by atoms with Crippen LogP contribution in [0.5, 0.6) is 0 Å². The number of fused-ring (bicyclic) bond motifs is 4. The van der Waals surface area contributed by atoms with Crippen LogP contribution in [-0.2, 0) is 39.3 Å². The Morgan fingerprint density at radius 3 is 0.836 bits per heavy atom. The monoisotopic (exact) mass is 887 g/mol. The van der Waals surface area contributed by atoms with Crippen LogP contribution in [0.3, 0.4) is 0 Å². The summed E-state index contributed by atoms with van der Waals surface area (Å²) in [7, 11) is 1.72. The number of hydrogen-bond donors (Lipinski definition) is 6. The molecule has 0 aliphatic heterocycles. The molecule has 0 saturated heterocycles. The standard InChI is InChI=1S/C32H34B2N2O4.C23H22BNO2/c1-35(19-23-11-3-9-17-31(23)33(37)38)21-29-25-13-5-7-15-27(25)30(28-16-8-6-14-26(28)29)22-36(2)20-24-12-4-10-18-32(24)34(39)40;1-25(15-19-10-4-7-13-23(19)24(26)27)16-22-20-11-5-2-8-17(20)14-18-9-3-6-12-21(18)22/h3-18,37-40H,19-22H2,1-2H3;2-14,26-27H,15-16H2,1H3. The molecule has 0 bridgehead atoms. The fraction of sp³-hybridized carbons (Fsp3) is 0.164. The lowest BCUT2D eigenvalue weighted by Gasteiger charge is -2.25. The van der Waals surface area contributed by atoms with Crippen LogP contribution < -0.4 is 16.4 Å². The van der Waals surface area contributed by atoms with E-state index in [2.05, 4.69) is 139 Å². The molecule has 336 valence electrons. The van der Waals surface area contributed by atoms with E-state index in [1.54, 1.807) is 18.2 Å². The van der Waals surface area contributed by atoms with Gasteiger partial charge in [0, 0.05) is 39.3 Å². The van der Waals surface area contributed by atoms with Crippen molar-refractivity contribution < 1.29 is 30.1 Å². The first-order valence-corrected chi connectivity index (χ1v) is 22.6. The fourth-order valence-corrected chi connectivity index (χ4v) is 9.57. The second-order valence-corrected chi connectivity index (χ2v) is 17.6. The van der Waals surface area contributed by atoms with Gasteiger partial charge in [0.1, 0.15) is 0 Å². The van der Waals surface area contributed by atoms with Crippen molar-refractivity contribution in [3.8, 4) is 0 Å². The summed E-state index contributed by atoms with van der Waals surface area (Å²) >= 11 is 0. The van der Waals surface area contributed by atoms with Crippen LogP contribution in [0.25, 0.3) is 43.1 Å². The Labute approximate surface area is 393 Å². The summed E-state index contributed by atoms with van der Waals surface area (Å²) in [4.78, 5) is 6.63. The van der Waals surface area contributed by atoms with Gasteiger partial charge in [-0.1, -0.05) is 170 Å². The zero-order valence-corrected chi connectivity index (χ0v) is 38.2. The van der Waals surface area contributed by atoms with Crippen molar-refractivity contribution in [2.24, 2.45) is 0 Å². The van der Waals surface area contributed by atoms with E-state index < -0.39 is 21.4 Å². The zero-order chi connectivity index (χ0) is 47.0. The first-order chi connectivity index (χ1) is 32.5. The van der Waals surface area contributed by atoms with E-state index in [1.165, 1.54) is 59.8 Å². The number of rotatable bonds is 15. The molecule has 0 aromatic heterocycles. The van der Waals surface area contributed by atoms with Gasteiger partial charge < -0.3 is 30.1 Å². The maximum absolute atomic E-state index is 9.84. The quantitative estimate of drug-likeness (QED) is 0.0549. The van der Waals surface area contributed by atoms with Crippen LogP contribution >= 0.6 is 0 Å². The van der Waals surface area contributed by atoms with Crippen LogP contribution in [0, 0.1) is 0 Å². The summed E-state index contributed by atoms with van der Waals surface area (Å²) in [5.74, 6) is 0. The summed E-state index contributed by atoms with van der Waals surface area (Å²) < 4.78 is 0. The first-order valence-electron chi connectivity index (χ1n) is 22.6. The summed E-state index contributed by atoms with van der Waals surface area (Å²) in [6.45, 7) is 3.96. The third-order valence-corrected chi connectivity index (χ3v) is 12.6. The van der Waals surface area contributed by atoms with Gasteiger partial charge in [-0.15, -0.1) is 0 Å². The number of nitrogens with zero attached hydrogens (tertiary/aromatic N) is 3. The molecular weight excluding hydrogens is 831 g/mol. The molecule has 0 heterocycles. The molecule has 9 aromatic rings. The van der Waals surface area contributed by atoms with Gasteiger partial charge in [0.15, 0.2) is 0 Å². The Bertz CT molecular complexity index is 2900. The highest BCUT2D eigenvalue weighted by atomic mass is 16.4. The lowest BCUT2D eigenvalue weighted by atomic mass is 9.77. The van der Waals surface area contributed by atoms with Crippen molar-refractivity contribution in [3.63, 3.8) is 0 Å². The minimum Gasteiger partial charge on any atom is -0.423 e. The normalized spacial score (nSPS) is 11.5. The first kappa shape index (κ1) is 47.4. The Morgan fingerprint density at radius 2 is 0.537 bits per heavy atom. The van der Waals surface area contributed by atoms with Gasteiger partial charge in [0.25, 0.3) is 0 Å². The van der Waals surface area contributed by atoms with E-state index in [-0.39, 0.29) is 0 Å². The van der Waals surface area contributed by atoms with Gasteiger partial charge in [0.2, 0.25) is 0 Å². The van der Waals surface area contributed by atoms with Gasteiger partial charge in [-0.25, -0.2) is 0 Å². The SMILES string of the molecule is CN(Cc1ccccc1B(O)O)Cc1c2ccccc2c(CN(C)Cc2ccccc2B(O)O)c2ccccc12.CN(Cc1ccccc1B(O)O)Cc1c2ccccc2cc2ccccc12. The summed E-state index contributed by atoms with van der Waals surface area (Å²) in [5, 5.41) is 68.4. The summed E-state index contributed by atoms with van der Waals surface area (Å²) in [6.07, 6.45) is 0. The van der Waals surface area contributed by atoms with E-state index in [9.17, 15) is 30.1 Å². The second kappa shape index (κ2) is 21.7. The predicted molar refractivity (Wildman–Crippen MR) is 277 cm³/mol. The molecule has 0 fully saturated rings. The molecule has 0 atom stereocenters. The minimum absolute atomic E-state index is 0.526. The average Bonchev–Trinajstić information content (AvgIpc) is 3.33. The third kappa shape index (κ3) is 11.0. The molecule has 9 rings (SSSR count). The Morgan fingerprint density at radius 1 is 0.299 bits per heavy atom. The van der Waals surface area contributed by atoms with Crippen molar-refractivity contribution >= 4 is 80.8 Å². The molecule has 0 spiro atoms. The molecule has 67 heavy (non-hydrogen) atoms. The average molecular weight is 888 g/mol. The maximum Gasteiger partial charge on any atom is 0.488 e. The minimum atomic E-state index is -1.50. The van der Waals surface area contributed by atoms with E-state index in [0.717, 1.165) is 23.2 Å². The summed E-state index contributed by atoms with van der Waals surface area (Å²) in [6, 6.07) is 58.6. The van der Waals surface area contributed by atoms with Gasteiger partial charge in [0.05, 0.1) is 0 Å². The highest BCUT2D eigenvalue weighted by Gasteiger charge is 2.21. The highest BCUT2D eigenvalue weighted by molar-refractivity contribution is 6.60. The van der Waals surface area contributed by atoms with Gasteiger partial charge in [-0.2, -0.15) is 0 Å². The third-order valence-electron chi connectivity index (χ3n) is 12.6. The van der Waals surface area contributed by atoms with E-state index >= 15 is 0 Å². The largest absolute Gasteiger partial charge is 0.488 e. The van der Waals surface area contributed by atoms with Crippen LogP contribution in [0.1, 0.15) is 33.4 Å². The van der Waals surface area contributed by atoms with Crippen molar-refractivity contribution in [1.82, 2.24) is 14.7 Å². The lowest BCUT2D eigenvalue weighted by Crippen LogP contribution is -2.35. The molecule has 0 aliphatic rings. The van der Waals surface area contributed by atoms with Crippen molar-refractivity contribution in [2.45, 2.75) is 39.3 Å². The predicted octanol–water partition coefficient (Wildman–Crippen LogP) is 5.92. The topological polar surface area (TPSA) is 131 Å². The fourth-order valence-electron chi connectivity index (χ4n) is 9.57. The maximum atomic E-state index is 9.84. The van der Waals surface area contributed by atoms with Gasteiger partial charge >= 0.3 is 21.4 Å². The number of benzene rings is 9. The molecule has 9 nitrogen and oxygen atoms in total. The lowest BCUT2D eigenvalue weighted by molar-refractivity contribution is 0.320. The molecule has 0 amide bonds. The van der Waals surface area contributed by atoms with Crippen molar-refractivity contribution in [3.05, 3.63) is 209 Å².